The quantitative estimate of drug-likeness (QED) is 0.630. The lowest BCUT2D eigenvalue weighted by atomic mass is 10.2. The van der Waals surface area contributed by atoms with Gasteiger partial charge in [-0.05, 0) is 46.7 Å². The van der Waals surface area contributed by atoms with Crippen LogP contribution in [-0.4, -0.2) is 22.4 Å². The van der Waals surface area contributed by atoms with Gasteiger partial charge in [0.05, 0.1) is 5.56 Å². The Hall–Kier alpha value is -2.28. The number of nitrogens with zero attached hydrogens (tertiary/aromatic N) is 2. The van der Waals surface area contributed by atoms with E-state index in [0.717, 1.165) is 14.7 Å². The molecule has 0 saturated carbocycles. The van der Waals surface area contributed by atoms with Crippen LogP contribution in [0, 0.1) is 3.57 Å². The first kappa shape index (κ1) is 16.6. The highest BCUT2D eigenvalue weighted by atomic mass is 127. The SMILES string of the molecule is O=C(NCCc1cnc(-c2ccccc2)nc1)c1ccccc1I. The number of hydrogen-bond donors (Lipinski definition) is 1. The van der Waals surface area contributed by atoms with E-state index in [1.807, 2.05) is 67.0 Å². The molecule has 4 nitrogen and oxygen atoms in total. The number of halogens is 1. The van der Waals surface area contributed by atoms with E-state index >= 15 is 0 Å². The lowest BCUT2D eigenvalue weighted by Gasteiger charge is -2.07. The summed E-state index contributed by atoms with van der Waals surface area (Å²) < 4.78 is 0.947. The van der Waals surface area contributed by atoms with Gasteiger partial charge in [-0.2, -0.15) is 0 Å². The predicted molar refractivity (Wildman–Crippen MR) is 103 cm³/mol. The highest BCUT2D eigenvalue weighted by Gasteiger charge is 2.08. The van der Waals surface area contributed by atoms with Crippen molar-refractivity contribution in [2.75, 3.05) is 6.54 Å². The lowest BCUT2D eigenvalue weighted by molar-refractivity contribution is 0.0953. The van der Waals surface area contributed by atoms with Crippen LogP contribution in [0.1, 0.15) is 15.9 Å². The van der Waals surface area contributed by atoms with Gasteiger partial charge in [-0.3, -0.25) is 4.79 Å². The predicted octanol–water partition coefficient (Wildman–Crippen LogP) is 3.72. The fourth-order valence-electron chi connectivity index (χ4n) is 2.28. The molecule has 0 atom stereocenters. The molecular formula is C19H16IN3O. The average Bonchev–Trinajstić information content (AvgIpc) is 2.63. The Morgan fingerprint density at radius 2 is 1.62 bits per heavy atom. The number of carbonyl (C=O) groups excluding carboxylic acids is 1. The third-order valence-corrected chi connectivity index (χ3v) is 4.50. The largest absolute Gasteiger partial charge is 0.352 e. The van der Waals surface area contributed by atoms with E-state index < -0.39 is 0 Å². The van der Waals surface area contributed by atoms with E-state index in [1.54, 1.807) is 0 Å². The van der Waals surface area contributed by atoms with Crippen molar-refractivity contribution in [3.05, 3.63) is 81.7 Å². The first-order chi connectivity index (χ1) is 11.7. The molecule has 5 heteroatoms. The van der Waals surface area contributed by atoms with E-state index in [0.29, 0.717) is 24.4 Å². The third-order valence-electron chi connectivity index (χ3n) is 3.56. The monoisotopic (exact) mass is 429 g/mol. The van der Waals surface area contributed by atoms with Gasteiger partial charge in [0.2, 0.25) is 0 Å². The maximum atomic E-state index is 12.1. The minimum atomic E-state index is -0.0539. The minimum absolute atomic E-state index is 0.0539. The van der Waals surface area contributed by atoms with Crippen LogP contribution in [0.25, 0.3) is 11.4 Å². The number of amides is 1. The van der Waals surface area contributed by atoms with Gasteiger partial charge in [-0.1, -0.05) is 42.5 Å². The fraction of sp³-hybridized carbons (Fsp3) is 0.105. The first-order valence-corrected chi connectivity index (χ1v) is 8.71. The summed E-state index contributed by atoms with van der Waals surface area (Å²) in [5.41, 5.74) is 2.70. The highest BCUT2D eigenvalue weighted by molar-refractivity contribution is 14.1. The van der Waals surface area contributed by atoms with Crippen molar-refractivity contribution in [1.29, 1.82) is 0 Å². The highest BCUT2D eigenvalue weighted by Crippen LogP contribution is 2.13. The molecule has 1 aromatic heterocycles. The molecular weight excluding hydrogens is 413 g/mol. The van der Waals surface area contributed by atoms with Crippen LogP contribution in [0.3, 0.4) is 0 Å². The van der Waals surface area contributed by atoms with Crippen molar-refractivity contribution in [2.24, 2.45) is 0 Å². The number of aromatic nitrogens is 2. The summed E-state index contributed by atoms with van der Waals surface area (Å²) in [7, 11) is 0. The van der Waals surface area contributed by atoms with Crippen molar-refractivity contribution in [1.82, 2.24) is 15.3 Å². The molecule has 3 rings (SSSR count). The molecule has 3 aromatic rings. The van der Waals surface area contributed by atoms with Gasteiger partial charge in [0.1, 0.15) is 0 Å². The summed E-state index contributed by atoms with van der Waals surface area (Å²) in [5.74, 6) is 0.657. The van der Waals surface area contributed by atoms with Crippen LogP contribution in [0.2, 0.25) is 0 Å². The molecule has 0 aliphatic carbocycles. The number of hydrogen-bond acceptors (Lipinski definition) is 3. The number of rotatable bonds is 5. The first-order valence-electron chi connectivity index (χ1n) is 7.63. The van der Waals surface area contributed by atoms with Gasteiger partial charge in [-0.25, -0.2) is 9.97 Å². The zero-order valence-corrected chi connectivity index (χ0v) is 15.1. The topological polar surface area (TPSA) is 54.9 Å². The van der Waals surface area contributed by atoms with Crippen LogP contribution in [0.15, 0.2) is 67.0 Å². The second-order valence-corrected chi connectivity index (χ2v) is 6.43. The van der Waals surface area contributed by atoms with Crippen LogP contribution in [0.4, 0.5) is 0 Å². The summed E-state index contributed by atoms with van der Waals surface area (Å²) in [6.07, 6.45) is 4.33. The van der Waals surface area contributed by atoms with E-state index in [1.165, 1.54) is 0 Å². The molecule has 0 saturated heterocycles. The second-order valence-electron chi connectivity index (χ2n) is 5.27. The standard InChI is InChI=1S/C19H16IN3O/c20-17-9-5-4-8-16(17)19(24)21-11-10-14-12-22-18(23-13-14)15-6-2-1-3-7-15/h1-9,12-13H,10-11H2,(H,21,24). The fourth-order valence-corrected chi connectivity index (χ4v) is 2.91. The van der Waals surface area contributed by atoms with Crippen molar-refractivity contribution < 1.29 is 4.79 Å². The summed E-state index contributed by atoms with van der Waals surface area (Å²) in [4.78, 5) is 20.9. The summed E-state index contributed by atoms with van der Waals surface area (Å²) >= 11 is 2.17. The maximum absolute atomic E-state index is 12.1. The molecule has 120 valence electrons. The number of nitrogens with one attached hydrogen (secondary N) is 1. The zero-order chi connectivity index (χ0) is 16.8. The average molecular weight is 429 g/mol. The maximum Gasteiger partial charge on any atom is 0.252 e. The number of carbonyl (C=O) groups is 1. The van der Waals surface area contributed by atoms with Crippen LogP contribution < -0.4 is 5.32 Å². The Morgan fingerprint density at radius 1 is 0.958 bits per heavy atom. The van der Waals surface area contributed by atoms with Crippen molar-refractivity contribution in [3.8, 4) is 11.4 Å². The van der Waals surface area contributed by atoms with Crippen molar-refractivity contribution in [2.45, 2.75) is 6.42 Å². The molecule has 0 spiro atoms. The molecule has 0 bridgehead atoms. The van der Waals surface area contributed by atoms with E-state index in [-0.39, 0.29) is 5.91 Å². The molecule has 2 aromatic carbocycles. The van der Waals surface area contributed by atoms with Crippen LogP contribution in [-0.2, 0) is 6.42 Å². The molecule has 1 heterocycles. The summed E-state index contributed by atoms with van der Waals surface area (Å²) in [6, 6.07) is 17.4. The Bertz CT molecular complexity index is 820. The Morgan fingerprint density at radius 3 is 2.33 bits per heavy atom. The number of benzene rings is 2. The van der Waals surface area contributed by atoms with Gasteiger partial charge in [0, 0.05) is 28.1 Å². The smallest absolute Gasteiger partial charge is 0.252 e. The Labute approximate surface area is 154 Å². The van der Waals surface area contributed by atoms with Crippen LogP contribution >= 0.6 is 22.6 Å². The van der Waals surface area contributed by atoms with E-state index in [9.17, 15) is 4.79 Å². The summed E-state index contributed by atoms with van der Waals surface area (Å²) in [6.45, 7) is 0.553. The molecule has 1 N–H and O–H groups in total. The van der Waals surface area contributed by atoms with E-state index in [4.69, 9.17) is 0 Å². The Kier molecular flexibility index (Phi) is 5.53. The molecule has 0 radical (unpaired) electrons. The molecule has 0 aliphatic heterocycles. The molecule has 1 amide bonds. The molecule has 0 aliphatic rings. The van der Waals surface area contributed by atoms with Gasteiger partial charge >= 0.3 is 0 Å². The zero-order valence-electron chi connectivity index (χ0n) is 12.9. The normalized spacial score (nSPS) is 10.4. The Balaban J connectivity index is 1.56. The van der Waals surface area contributed by atoms with E-state index in [2.05, 4.69) is 37.9 Å². The second kappa shape index (κ2) is 8.01. The van der Waals surface area contributed by atoms with Crippen LogP contribution in [0.5, 0.6) is 0 Å². The molecule has 0 unspecified atom stereocenters. The van der Waals surface area contributed by atoms with Gasteiger partial charge < -0.3 is 5.32 Å². The summed E-state index contributed by atoms with van der Waals surface area (Å²) in [5, 5.41) is 2.94. The van der Waals surface area contributed by atoms with Gasteiger partial charge in [0.25, 0.3) is 5.91 Å². The van der Waals surface area contributed by atoms with Gasteiger partial charge in [-0.15, -0.1) is 0 Å². The third kappa shape index (κ3) is 4.17. The minimum Gasteiger partial charge on any atom is -0.352 e. The lowest BCUT2D eigenvalue weighted by Crippen LogP contribution is -2.26. The van der Waals surface area contributed by atoms with Crippen molar-refractivity contribution in [3.63, 3.8) is 0 Å². The molecule has 24 heavy (non-hydrogen) atoms. The molecule has 0 fully saturated rings. The van der Waals surface area contributed by atoms with Gasteiger partial charge in [0.15, 0.2) is 5.82 Å². The van der Waals surface area contributed by atoms with Crippen molar-refractivity contribution >= 4 is 28.5 Å².